The van der Waals surface area contributed by atoms with Crippen molar-refractivity contribution in [2.24, 2.45) is 0 Å². The number of carbonyl (C=O) groups is 2. The van der Waals surface area contributed by atoms with Gasteiger partial charge in [0.2, 0.25) is 0 Å². The van der Waals surface area contributed by atoms with Crippen LogP contribution in [-0.4, -0.2) is 87.0 Å². The fourth-order valence-electron chi connectivity index (χ4n) is 4.93. The number of aromatic nitrogens is 4. The standard InChI is InChI=1S/C29H32N6O7/c1-16(37)18-5-4-6-19(12-18)28(39)34-23-25(38)22(13-36)42-29(23)35-15-33-24-26(31-14-32-27(24)35)30-10-9-17-7-8-20(40-2)21(11-17)41-3/h4-8,11-12,14-15,22-23,25,29,36,38H,9-10,13H2,1-3H3,(H,34,39)(H,30,31,32)/t22-,23-,25-,29-/m1/s1. The SMILES string of the molecule is COc1ccc(CCNc2ncnc3c2ncn3[C@@H]2O[C@H](CO)[C@@H](O)[C@H]2NC(=O)c2cccc(C(C)=O)c2)cc1OC. The summed E-state index contributed by atoms with van der Waals surface area (Å²) < 4.78 is 18.2. The molecule has 2 aromatic carbocycles. The summed E-state index contributed by atoms with van der Waals surface area (Å²) in [6.45, 7) is 1.49. The highest BCUT2D eigenvalue weighted by Gasteiger charge is 2.46. The van der Waals surface area contributed by atoms with Crippen molar-refractivity contribution in [1.29, 1.82) is 0 Å². The van der Waals surface area contributed by atoms with Gasteiger partial charge in [0.05, 0.1) is 27.2 Å². The Morgan fingerprint density at radius 1 is 1.05 bits per heavy atom. The lowest BCUT2D eigenvalue weighted by Crippen LogP contribution is -2.46. The van der Waals surface area contributed by atoms with Gasteiger partial charge in [-0.2, -0.15) is 0 Å². The summed E-state index contributed by atoms with van der Waals surface area (Å²) in [6.07, 6.45) is 0.430. The molecule has 0 radical (unpaired) electrons. The second-order valence-electron chi connectivity index (χ2n) is 9.79. The first kappa shape index (κ1) is 28.9. The average molecular weight is 577 g/mol. The van der Waals surface area contributed by atoms with Gasteiger partial charge in [0.1, 0.15) is 24.6 Å². The summed E-state index contributed by atoms with van der Waals surface area (Å²) in [6, 6.07) is 11.1. The molecule has 0 bridgehead atoms. The third-order valence-corrected chi connectivity index (χ3v) is 7.17. The Kier molecular flexibility index (Phi) is 8.61. The topological polar surface area (TPSA) is 170 Å². The number of anilines is 1. The van der Waals surface area contributed by atoms with E-state index in [2.05, 4.69) is 25.6 Å². The van der Waals surface area contributed by atoms with Crippen LogP contribution >= 0.6 is 0 Å². The molecule has 42 heavy (non-hydrogen) atoms. The molecule has 220 valence electrons. The van der Waals surface area contributed by atoms with E-state index < -0.39 is 37.0 Å². The smallest absolute Gasteiger partial charge is 0.251 e. The van der Waals surface area contributed by atoms with Crippen LogP contribution in [0, 0.1) is 0 Å². The summed E-state index contributed by atoms with van der Waals surface area (Å²) in [5, 5.41) is 26.8. The van der Waals surface area contributed by atoms with Crippen molar-refractivity contribution in [3.63, 3.8) is 0 Å². The Morgan fingerprint density at radius 3 is 2.57 bits per heavy atom. The van der Waals surface area contributed by atoms with E-state index in [4.69, 9.17) is 14.2 Å². The molecule has 0 saturated carbocycles. The first-order valence-electron chi connectivity index (χ1n) is 13.3. The molecule has 1 saturated heterocycles. The summed E-state index contributed by atoms with van der Waals surface area (Å²) in [5.74, 6) is 1.11. The van der Waals surface area contributed by atoms with Gasteiger partial charge in [-0.1, -0.05) is 18.2 Å². The number of nitrogens with one attached hydrogen (secondary N) is 2. The third-order valence-electron chi connectivity index (χ3n) is 7.17. The van der Waals surface area contributed by atoms with E-state index in [0.717, 1.165) is 5.56 Å². The zero-order valence-electron chi connectivity index (χ0n) is 23.4. The van der Waals surface area contributed by atoms with Crippen LogP contribution in [0.3, 0.4) is 0 Å². The molecule has 5 rings (SSSR count). The van der Waals surface area contributed by atoms with Crippen LogP contribution in [0.1, 0.15) is 39.4 Å². The molecular weight excluding hydrogens is 544 g/mol. The molecule has 0 unspecified atom stereocenters. The highest BCUT2D eigenvalue weighted by molar-refractivity contribution is 5.99. The molecule has 1 aliphatic heterocycles. The Balaban J connectivity index is 1.35. The number of benzene rings is 2. The van der Waals surface area contributed by atoms with Crippen LogP contribution in [0.25, 0.3) is 11.2 Å². The molecule has 4 aromatic rings. The zero-order chi connectivity index (χ0) is 29.8. The van der Waals surface area contributed by atoms with Gasteiger partial charge >= 0.3 is 0 Å². The second-order valence-corrected chi connectivity index (χ2v) is 9.79. The van der Waals surface area contributed by atoms with Crippen LogP contribution in [0.5, 0.6) is 11.5 Å². The molecule has 0 spiro atoms. The molecule has 2 aromatic heterocycles. The lowest BCUT2D eigenvalue weighted by atomic mass is 10.1. The van der Waals surface area contributed by atoms with Crippen molar-refractivity contribution in [2.75, 3.05) is 32.7 Å². The number of methoxy groups -OCH3 is 2. The largest absolute Gasteiger partial charge is 0.493 e. The predicted molar refractivity (Wildman–Crippen MR) is 152 cm³/mol. The van der Waals surface area contributed by atoms with Crippen LogP contribution in [0.2, 0.25) is 0 Å². The number of fused-ring (bicyclic) bond motifs is 1. The Morgan fingerprint density at radius 2 is 1.83 bits per heavy atom. The lowest BCUT2D eigenvalue weighted by Gasteiger charge is -2.23. The number of Topliss-reactive ketones (excluding diaryl/α,β-unsaturated/α-hetero) is 1. The normalized spacial score (nSPS) is 19.9. The average Bonchev–Trinajstić information content (AvgIpc) is 3.58. The van der Waals surface area contributed by atoms with Crippen LogP contribution in [-0.2, 0) is 11.2 Å². The van der Waals surface area contributed by atoms with Gasteiger partial charge in [0, 0.05) is 17.7 Å². The number of carbonyl (C=O) groups excluding carboxylic acids is 2. The van der Waals surface area contributed by atoms with E-state index in [-0.39, 0.29) is 11.3 Å². The maximum absolute atomic E-state index is 13.1. The van der Waals surface area contributed by atoms with E-state index in [9.17, 15) is 19.8 Å². The van der Waals surface area contributed by atoms with E-state index in [1.54, 1.807) is 37.0 Å². The molecule has 13 nitrogen and oxygen atoms in total. The zero-order valence-corrected chi connectivity index (χ0v) is 23.4. The van der Waals surface area contributed by atoms with Gasteiger partial charge in [0.25, 0.3) is 5.91 Å². The van der Waals surface area contributed by atoms with Crippen molar-refractivity contribution in [2.45, 2.75) is 37.8 Å². The molecule has 4 atom stereocenters. The van der Waals surface area contributed by atoms with Crippen molar-refractivity contribution in [3.8, 4) is 11.5 Å². The highest BCUT2D eigenvalue weighted by Crippen LogP contribution is 2.33. The van der Waals surface area contributed by atoms with Gasteiger partial charge < -0.3 is 35.1 Å². The number of aliphatic hydroxyl groups excluding tert-OH is 2. The van der Waals surface area contributed by atoms with E-state index >= 15 is 0 Å². The monoisotopic (exact) mass is 576 g/mol. The van der Waals surface area contributed by atoms with E-state index in [1.165, 1.54) is 25.6 Å². The summed E-state index contributed by atoms with van der Waals surface area (Å²) >= 11 is 0. The number of hydrogen-bond donors (Lipinski definition) is 4. The molecular formula is C29H32N6O7. The molecule has 1 amide bonds. The van der Waals surface area contributed by atoms with Crippen molar-refractivity contribution < 1.29 is 34.0 Å². The summed E-state index contributed by atoms with van der Waals surface area (Å²) in [4.78, 5) is 38.1. The molecule has 4 N–H and O–H groups in total. The van der Waals surface area contributed by atoms with E-state index in [1.807, 2.05) is 18.2 Å². The van der Waals surface area contributed by atoms with Gasteiger partial charge in [0.15, 0.2) is 40.5 Å². The number of hydrogen-bond acceptors (Lipinski definition) is 11. The van der Waals surface area contributed by atoms with Crippen molar-refractivity contribution in [3.05, 3.63) is 71.8 Å². The first-order chi connectivity index (χ1) is 20.3. The minimum Gasteiger partial charge on any atom is -0.493 e. The number of ketones is 1. The molecule has 13 heteroatoms. The fraction of sp³-hybridized carbons (Fsp3) is 0.345. The minimum absolute atomic E-state index is 0.176. The van der Waals surface area contributed by atoms with Gasteiger partial charge in [-0.15, -0.1) is 0 Å². The maximum atomic E-state index is 13.1. The van der Waals surface area contributed by atoms with Crippen LogP contribution < -0.4 is 20.1 Å². The van der Waals surface area contributed by atoms with Crippen molar-refractivity contribution in [1.82, 2.24) is 24.8 Å². The van der Waals surface area contributed by atoms with Gasteiger partial charge in [-0.25, -0.2) is 15.0 Å². The Hall–Kier alpha value is -4.59. The van der Waals surface area contributed by atoms with Gasteiger partial charge in [-0.05, 0) is 43.2 Å². The number of aliphatic hydroxyl groups is 2. The summed E-state index contributed by atoms with van der Waals surface area (Å²) in [5.41, 5.74) is 2.55. The predicted octanol–water partition coefficient (Wildman–Crippen LogP) is 1.75. The molecule has 1 aliphatic rings. The number of rotatable bonds is 11. The fourth-order valence-corrected chi connectivity index (χ4v) is 4.93. The lowest BCUT2D eigenvalue weighted by molar-refractivity contribution is -0.0440. The Bertz CT molecular complexity index is 1590. The molecule has 1 fully saturated rings. The molecule has 0 aliphatic carbocycles. The maximum Gasteiger partial charge on any atom is 0.251 e. The molecule has 3 heterocycles. The van der Waals surface area contributed by atoms with Crippen LogP contribution in [0.15, 0.2) is 55.1 Å². The second kappa shape index (κ2) is 12.5. The highest BCUT2D eigenvalue weighted by atomic mass is 16.5. The number of nitrogens with zero attached hydrogens (tertiary/aromatic N) is 4. The third kappa shape index (κ3) is 5.75. The summed E-state index contributed by atoms with van der Waals surface area (Å²) in [7, 11) is 3.18. The van der Waals surface area contributed by atoms with Crippen molar-refractivity contribution >= 4 is 28.7 Å². The van der Waals surface area contributed by atoms with Gasteiger partial charge in [-0.3, -0.25) is 14.2 Å². The van der Waals surface area contributed by atoms with Crippen LogP contribution in [0.4, 0.5) is 5.82 Å². The minimum atomic E-state index is -1.22. The number of amides is 1. The first-order valence-corrected chi connectivity index (χ1v) is 13.3. The Labute approximate surface area is 241 Å². The number of imidazole rings is 1. The quantitative estimate of drug-likeness (QED) is 0.192. The van der Waals surface area contributed by atoms with E-state index in [0.29, 0.717) is 47.0 Å². The number of ether oxygens (including phenoxy) is 3.